The number of carbonyl (C=O) groups excluding carboxylic acids is 1. The first-order chi connectivity index (χ1) is 10.5. The monoisotopic (exact) mass is 309 g/mol. The number of ether oxygens (including phenoxy) is 1. The average molecular weight is 309 g/mol. The van der Waals surface area contributed by atoms with E-state index in [2.05, 4.69) is 10.6 Å². The van der Waals surface area contributed by atoms with Gasteiger partial charge in [0.05, 0.1) is 0 Å². The van der Waals surface area contributed by atoms with Crippen molar-refractivity contribution in [3.05, 3.63) is 35.1 Å². The van der Waals surface area contributed by atoms with Gasteiger partial charge in [0.2, 0.25) is 0 Å². The Labute approximate surface area is 130 Å². The second-order valence-corrected chi connectivity index (χ2v) is 5.88. The summed E-state index contributed by atoms with van der Waals surface area (Å²) in [4.78, 5) is 13.8. The summed E-state index contributed by atoms with van der Waals surface area (Å²) in [6, 6.07) is 4.93. The van der Waals surface area contributed by atoms with E-state index in [1.807, 2.05) is 19.0 Å². The number of amides is 2. The lowest BCUT2D eigenvalue weighted by atomic mass is 10.1. The van der Waals surface area contributed by atoms with Gasteiger partial charge in [-0.25, -0.2) is 9.18 Å². The SMILES string of the molecule is CN(C)Cc1cc(CNC(=O)NC2CCOCC2)ccc1F. The van der Waals surface area contributed by atoms with E-state index < -0.39 is 0 Å². The summed E-state index contributed by atoms with van der Waals surface area (Å²) >= 11 is 0. The van der Waals surface area contributed by atoms with Gasteiger partial charge in [-0.05, 0) is 44.6 Å². The van der Waals surface area contributed by atoms with Crippen molar-refractivity contribution in [2.45, 2.75) is 32.0 Å². The van der Waals surface area contributed by atoms with Crippen LogP contribution >= 0.6 is 0 Å². The van der Waals surface area contributed by atoms with E-state index in [-0.39, 0.29) is 17.9 Å². The Balaban J connectivity index is 1.83. The van der Waals surface area contributed by atoms with Crippen LogP contribution in [0.1, 0.15) is 24.0 Å². The fraction of sp³-hybridized carbons (Fsp3) is 0.562. The van der Waals surface area contributed by atoms with Crippen LogP contribution in [0, 0.1) is 5.82 Å². The van der Waals surface area contributed by atoms with Crippen molar-refractivity contribution in [1.29, 1.82) is 0 Å². The second-order valence-electron chi connectivity index (χ2n) is 5.88. The first-order valence-electron chi connectivity index (χ1n) is 7.58. The molecule has 122 valence electrons. The largest absolute Gasteiger partial charge is 0.381 e. The quantitative estimate of drug-likeness (QED) is 0.873. The van der Waals surface area contributed by atoms with E-state index in [1.54, 1.807) is 12.1 Å². The molecule has 1 fully saturated rings. The van der Waals surface area contributed by atoms with Gasteiger partial charge in [-0.15, -0.1) is 0 Å². The lowest BCUT2D eigenvalue weighted by Crippen LogP contribution is -2.44. The Hall–Kier alpha value is -1.66. The molecule has 6 heteroatoms. The van der Waals surface area contributed by atoms with Gasteiger partial charge in [0.1, 0.15) is 5.82 Å². The molecule has 5 nitrogen and oxygen atoms in total. The average Bonchev–Trinajstić information content (AvgIpc) is 2.48. The van der Waals surface area contributed by atoms with Crippen molar-refractivity contribution in [3.63, 3.8) is 0 Å². The lowest BCUT2D eigenvalue weighted by molar-refractivity contribution is 0.0801. The molecule has 0 aliphatic carbocycles. The predicted molar refractivity (Wildman–Crippen MR) is 83.0 cm³/mol. The van der Waals surface area contributed by atoms with Crippen molar-refractivity contribution < 1.29 is 13.9 Å². The molecular formula is C16H24FN3O2. The summed E-state index contributed by atoms with van der Waals surface area (Å²) in [5.41, 5.74) is 1.52. The van der Waals surface area contributed by atoms with Crippen molar-refractivity contribution >= 4 is 6.03 Å². The van der Waals surface area contributed by atoms with Crippen molar-refractivity contribution in [3.8, 4) is 0 Å². The summed E-state index contributed by atoms with van der Waals surface area (Å²) in [6.45, 7) is 2.30. The van der Waals surface area contributed by atoms with E-state index >= 15 is 0 Å². The molecule has 1 aromatic carbocycles. The number of rotatable bonds is 5. The van der Waals surface area contributed by atoms with Crippen molar-refractivity contribution in [2.75, 3.05) is 27.3 Å². The van der Waals surface area contributed by atoms with E-state index in [9.17, 15) is 9.18 Å². The van der Waals surface area contributed by atoms with Crippen LogP contribution in [0.15, 0.2) is 18.2 Å². The number of halogens is 1. The fourth-order valence-corrected chi connectivity index (χ4v) is 2.46. The Morgan fingerprint density at radius 3 is 2.77 bits per heavy atom. The van der Waals surface area contributed by atoms with Gasteiger partial charge < -0.3 is 20.3 Å². The minimum Gasteiger partial charge on any atom is -0.381 e. The molecule has 1 saturated heterocycles. The molecule has 0 radical (unpaired) electrons. The lowest BCUT2D eigenvalue weighted by Gasteiger charge is -2.23. The fourth-order valence-electron chi connectivity index (χ4n) is 2.46. The summed E-state index contributed by atoms with van der Waals surface area (Å²) in [7, 11) is 3.79. The van der Waals surface area contributed by atoms with Crippen LogP contribution in [-0.2, 0) is 17.8 Å². The maximum absolute atomic E-state index is 13.7. The molecule has 0 aromatic heterocycles. The molecule has 22 heavy (non-hydrogen) atoms. The maximum Gasteiger partial charge on any atom is 0.315 e. The zero-order valence-corrected chi connectivity index (χ0v) is 13.2. The van der Waals surface area contributed by atoms with Crippen molar-refractivity contribution in [2.24, 2.45) is 0 Å². The Kier molecular flexibility index (Phi) is 6.15. The molecular weight excluding hydrogens is 285 g/mol. The van der Waals surface area contributed by atoms with Crippen LogP contribution in [0.25, 0.3) is 0 Å². The van der Waals surface area contributed by atoms with Gasteiger partial charge in [0.25, 0.3) is 0 Å². The topological polar surface area (TPSA) is 53.6 Å². The van der Waals surface area contributed by atoms with Crippen LogP contribution in [0.3, 0.4) is 0 Å². The summed E-state index contributed by atoms with van der Waals surface area (Å²) in [5.74, 6) is -0.218. The van der Waals surface area contributed by atoms with E-state index in [1.165, 1.54) is 6.07 Å². The Bertz CT molecular complexity index is 502. The third-order valence-electron chi connectivity index (χ3n) is 3.61. The molecule has 1 aromatic rings. The van der Waals surface area contributed by atoms with Crippen LogP contribution in [0.5, 0.6) is 0 Å². The number of hydrogen-bond acceptors (Lipinski definition) is 3. The van der Waals surface area contributed by atoms with Gasteiger partial charge in [0, 0.05) is 37.9 Å². The molecule has 2 N–H and O–H groups in total. The second kappa shape index (κ2) is 8.10. The highest BCUT2D eigenvalue weighted by Crippen LogP contribution is 2.12. The zero-order chi connectivity index (χ0) is 15.9. The molecule has 2 amide bonds. The van der Waals surface area contributed by atoms with E-state index in [0.717, 1.165) is 18.4 Å². The summed E-state index contributed by atoms with van der Waals surface area (Å²) < 4.78 is 19.0. The van der Waals surface area contributed by atoms with Crippen LogP contribution in [0.4, 0.5) is 9.18 Å². The van der Waals surface area contributed by atoms with Crippen molar-refractivity contribution in [1.82, 2.24) is 15.5 Å². The molecule has 1 aliphatic heterocycles. The predicted octanol–water partition coefficient (Wildman–Crippen LogP) is 1.87. The molecule has 0 saturated carbocycles. The molecule has 1 aliphatic rings. The number of urea groups is 1. The smallest absolute Gasteiger partial charge is 0.315 e. The number of nitrogens with zero attached hydrogens (tertiary/aromatic N) is 1. The maximum atomic E-state index is 13.7. The molecule has 0 spiro atoms. The van der Waals surface area contributed by atoms with E-state index in [4.69, 9.17) is 4.74 Å². The third kappa shape index (κ3) is 5.27. The third-order valence-corrected chi connectivity index (χ3v) is 3.61. The first-order valence-corrected chi connectivity index (χ1v) is 7.58. The Morgan fingerprint density at radius 2 is 2.09 bits per heavy atom. The molecule has 0 atom stereocenters. The summed E-state index contributed by atoms with van der Waals surface area (Å²) in [5, 5.41) is 5.75. The number of hydrogen-bond donors (Lipinski definition) is 2. The van der Waals surface area contributed by atoms with Gasteiger partial charge >= 0.3 is 6.03 Å². The van der Waals surface area contributed by atoms with Crippen LogP contribution in [-0.4, -0.2) is 44.3 Å². The van der Waals surface area contributed by atoms with Gasteiger partial charge in [-0.1, -0.05) is 6.07 Å². The first kappa shape index (κ1) is 16.7. The van der Waals surface area contributed by atoms with Gasteiger partial charge in [-0.2, -0.15) is 0 Å². The molecule has 0 bridgehead atoms. The standard InChI is InChI=1S/C16H24FN3O2/c1-20(2)11-13-9-12(3-4-15(13)17)10-18-16(21)19-14-5-7-22-8-6-14/h3-4,9,14H,5-8,10-11H2,1-2H3,(H2,18,19,21). The Morgan fingerprint density at radius 1 is 1.36 bits per heavy atom. The minimum absolute atomic E-state index is 0.172. The zero-order valence-electron chi connectivity index (χ0n) is 13.2. The highest BCUT2D eigenvalue weighted by Gasteiger charge is 2.15. The van der Waals surface area contributed by atoms with Crippen LogP contribution < -0.4 is 10.6 Å². The van der Waals surface area contributed by atoms with Gasteiger partial charge in [0.15, 0.2) is 0 Å². The molecule has 2 rings (SSSR count). The van der Waals surface area contributed by atoms with Gasteiger partial charge in [-0.3, -0.25) is 0 Å². The molecule has 0 unspecified atom stereocenters. The summed E-state index contributed by atoms with van der Waals surface area (Å²) in [6.07, 6.45) is 1.69. The number of carbonyl (C=O) groups is 1. The normalized spacial score (nSPS) is 15.8. The number of benzene rings is 1. The highest BCUT2D eigenvalue weighted by atomic mass is 19.1. The number of nitrogens with one attached hydrogen (secondary N) is 2. The molecule has 1 heterocycles. The van der Waals surface area contributed by atoms with Crippen LogP contribution in [0.2, 0.25) is 0 Å². The highest BCUT2D eigenvalue weighted by molar-refractivity contribution is 5.74. The van der Waals surface area contributed by atoms with E-state index in [0.29, 0.717) is 31.9 Å². The minimum atomic E-state index is -0.218.